The number of carbonyl (C=O) groups is 1. The Hall–Kier alpha value is -3.40. The van der Waals surface area contributed by atoms with Gasteiger partial charge in [-0.25, -0.2) is 8.42 Å². The molecule has 3 aromatic rings. The van der Waals surface area contributed by atoms with E-state index in [9.17, 15) is 13.2 Å². The highest BCUT2D eigenvalue weighted by atomic mass is 32.2. The number of benzene rings is 2. The first-order chi connectivity index (χ1) is 15.3. The molecule has 2 heterocycles. The molecule has 0 unspecified atom stereocenters. The van der Waals surface area contributed by atoms with Crippen molar-refractivity contribution in [3.8, 4) is 17.1 Å². The summed E-state index contributed by atoms with van der Waals surface area (Å²) in [7, 11) is -2.46. The summed E-state index contributed by atoms with van der Waals surface area (Å²) in [5.74, 6) is 0.150. The van der Waals surface area contributed by atoms with Gasteiger partial charge in [-0.1, -0.05) is 23.4 Å². The van der Waals surface area contributed by atoms with Gasteiger partial charge in [-0.3, -0.25) is 9.52 Å². The Kier molecular flexibility index (Phi) is 5.88. The minimum absolute atomic E-state index is 0.0655. The Morgan fingerprint density at radius 3 is 2.59 bits per heavy atom. The smallest absolute Gasteiger partial charge is 0.316 e. The highest BCUT2D eigenvalue weighted by Crippen LogP contribution is 2.30. The molecule has 10 heteroatoms. The van der Waals surface area contributed by atoms with Crippen molar-refractivity contribution >= 4 is 21.6 Å². The predicted octanol–water partition coefficient (Wildman–Crippen LogP) is 3.40. The van der Waals surface area contributed by atoms with E-state index in [1.165, 1.54) is 13.2 Å². The van der Waals surface area contributed by atoms with Gasteiger partial charge in [-0.05, 0) is 56.0 Å². The first kappa shape index (κ1) is 21.8. The molecular formula is C22H24N4O5S. The molecule has 0 saturated carbocycles. The van der Waals surface area contributed by atoms with Crippen LogP contribution < -0.4 is 9.46 Å². The number of aromatic nitrogens is 2. The molecule has 0 atom stereocenters. The number of methoxy groups -OCH3 is 1. The van der Waals surface area contributed by atoms with Crippen LogP contribution in [0.1, 0.15) is 34.7 Å². The zero-order valence-electron chi connectivity index (χ0n) is 18.1. The van der Waals surface area contributed by atoms with Crippen LogP contribution in [0.25, 0.3) is 11.4 Å². The largest absolute Gasteiger partial charge is 0.495 e. The average molecular weight is 457 g/mol. The lowest BCUT2D eigenvalue weighted by atomic mass is 10.1. The number of likely N-dealkylation sites (tertiary alicyclic amines) is 1. The van der Waals surface area contributed by atoms with Crippen molar-refractivity contribution in [1.29, 1.82) is 0 Å². The number of sulfonamides is 1. The van der Waals surface area contributed by atoms with Gasteiger partial charge in [0.2, 0.25) is 5.82 Å². The lowest BCUT2D eigenvalue weighted by molar-refractivity contribution is 0.0743. The minimum atomic E-state index is -3.94. The topological polar surface area (TPSA) is 115 Å². The SMILES string of the molecule is COc1ccc(C)cc1NS(=O)(=O)c1cc(-c2noc(C(=O)N3CCCC3)n2)ccc1C. The summed E-state index contributed by atoms with van der Waals surface area (Å²) in [6.07, 6.45) is 1.90. The van der Waals surface area contributed by atoms with Gasteiger partial charge in [0.25, 0.3) is 10.0 Å². The van der Waals surface area contributed by atoms with Crippen molar-refractivity contribution in [2.45, 2.75) is 31.6 Å². The highest BCUT2D eigenvalue weighted by Gasteiger charge is 2.26. The van der Waals surface area contributed by atoms with E-state index in [-0.39, 0.29) is 22.5 Å². The van der Waals surface area contributed by atoms with Gasteiger partial charge in [-0.2, -0.15) is 4.98 Å². The monoisotopic (exact) mass is 456 g/mol. The number of carbonyl (C=O) groups excluding carboxylic acids is 1. The zero-order valence-corrected chi connectivity index (χ0v) is 18.9. The molecule has 1 aliphatic heterocycles. The van der Waals surface area contributed by atoms with Gasteiger partial charge in [0.05, 0.1) is 17.7 Å². The Bertz CT molecular complexity index is 1260. The molecule has 1 amide bonds. The molecule has 0 aliphatic carbocycles. The second-order valence-electron chi connectivity index (χ2n) is 7.71. The summed E-state index contributed by atoms with van der Waals surface area (Å²) in [5, 5.41) is 3.89. The average Bonchev–Trinajstić information content (AvgIpc) is 3.46. The lowest BCUT2D eigenvalue weighted by Gasteiger charge is -2.14. The van der Waals surface area contributed by atoms with Crippen LogP contribution in [0.4, 0.5) is 5.69 Å². The van der Waals surface area contributed by atoms with Crippen molar-refractivity contribution in [3.05, 3.63) is 53.4 Å². The Balaban J connectivity index is 1.64. The standard InChI is InChI=1S/C22H24N4O5S/c1-14-6-9-18(30-3)17(12-14)25-32(28,29)19-13-16(8-7-15(19)2)20-23-21(31-24-20)22(27)26-10-4-5-11-26/h6-9,12-13,25H,4-5,10-11H2,1-3H3. The van der Waals surface area contributed by atoms with Gasteiger partial charge < -0.3 is 14.2 Å². The number of ether oxygens (including phenoxy) is 1. The fourth-order valence-corrected chi connectivity index (χ4v) is 4.95. The number of aryl methyl sites for hydroxylation is 2. The van der Waals surface area contributed by atoms with Crippen molar-refractivity contribution in [3.63, 3.8) is 0 Å². The fraction of sp³-hybridized carbons (Fsp3) is 0.318. The summed E-state index contributed by atoms with van der Waals surface area (Å²) in [5.41, 5.74) is 2.20. The molecule has 0 radical (unpaired) electrons. The second-order valence-corrected chi connectivity index (χ2v) is 9.36. The van der Waals surface area contributed by atoms with E-state index in [0.717, 1.165) is 18.4 Å². The number of nitrogens with one attached hydrogen (secondary N) is 1. The highest BCUT2D eigenvalue weighted by molar-refractivity contribution is 7.92. The van der Waals surface area contributed by atoms with Crippen molar-refractivity contribution in [1.82, 2.24) is 15.0 Å². The number of hydrogen-bond donors (Lipinski definition) is 1. The van der Waals surface area contributed by atoms with Crippen LogP contribution >= 0.6 is 0 Å². The number of hydrogen-bond acceptors (Lipinski definition) is 7. The quantitative estimate of drug-likeness (QED) is 0.604. The van der Waals surface area contributed by atoms with Crippen LogP contribution in [0.2, 0.25) is 0 Å². The van der Waals surface area contributed by atoms with Crippen molar-refractivity contribution in [2.75, 3.05) is 24.9 Å². The Morgan fingerprint density at radius 1 is 1.12 bits per heavy atom. The maximum atomic E-state index is 13.2. The summed E-state index contributed by atoms with van der Waals surface area (Å²) in [4.78, 5) is 18.4. The molecule has 1 aliphatic rings. The first-order valence-corrected chi connectivity index (χ1v) is 11.7. The van der Waals surface area contributed by atoms with Crippen LogP contribution in [0, 0.1) is 13.8 Å². The van der Waals surface area contributed by atoms with Crippen molar-refractivity contribution < 1.29 is 22.5 Å². The Labute approximate surface area is 186 Å². The molecule has 9 nitrogen and oxygen atoms in total. The van der Waals surface area contributed by atoms with E-state index < -0.39 is 10.0 Å². The molecule has 1 N–H and O–H groups in total. The Morgan fingerprint density at radius 2 is 1.88 bits per heavy atom. The molecule has 0 spiro atoms. The number of anilines is 1. The lowest BCUT2D eigenvalue weighted by Crippen LogP contribution is -2.27. The third kappa shape index (κ3) is 4.31. The van der Waals surface area contributed by atoms with Gasteiger partial charge in [0.1, 0.15) is 5.75 Å². The normalized spacial score (nSPS) is 13.9. The third-order valence-corrected chi connectivity index (χ3v) is 6.84. The van der Waals surface area contributed by atoms with E-state index in [1.807, 2.05) is 13.0 Å². The third-order valence-electron chi connectivity index (χ3n) is 5.34. The van der Waals surface area contributed by atoms with Crippen LogP contribution in [-0.2, 0) is 10.0 Å². The van der Waals surface area contributed by atoms with Crippen LogP contribution in [-0.4, -0.2) is 49.6 Å². The summed E-state index contributed by atoms with van der Waals surface area (Å²) in [6.45, 7) is 4.89. The minimum Gasteiger partial charge on any atom is -0.495 e. The second kappa shape index (κ2) is 8.62. The maximum Gasteiger partial charge on any atom is 0.316 e. The van der Waals surface area contributed by atoms with Gasteiger partial charge in [0.15, 0.2) is 0 Å². The number of rotatable bonds is 6. The van der Waals surface area contributed by atoms with Crippen LogP contribution in [0.5, 0.6) is 5.75 Å². The van der Waals surface area contributed by atoms with Gasteiger partial charge >= 0.3 is 11.8 Å². The van der Waals surface area contributed by atoms with Crippen LogP contribution in [0.15, 0.2) is 45.8 Å². The first-order valence-electron chi connectivity index (χ1n) is 10.2. The molecule has 1 fully saturated rings. The van der Waals surface area contributed by atoms with E-state index in [4.69, 9.17) is 9.26 Å². The maximum absolute atomic E-state index is 13.2. The van der Waals surface area contributed by atoms with E-state index in [0.29, 0.717) is 35.7 Å². The fourth-order valence-electron chi connectivity index (χ4n) is 3.61. The molecule has 168 valence electrons. The van der Waals surface area contributed by atoms with Crippen molar-refractivity contribution in [2.24, 2.45) is 0 Å². The molecule has 2 aromatic carbocycles. The van der Waals surface area contributed by atoms with Crippen LogP contribution in [0.3, 0.4) is 0 Å². The van der Waals surface area contributed by atoms with Gasteiger partial charge in [-0.15, -0.1) is 0 Å². The van der Waals surface area contributed by atoms with E-state index >= 15 is 0 Å². The van der Waals surface area contributed by atoms with E-state index in [2.05, 4.69) is 14.9 Å². The number of amides is 1. The molecule has 1 aromatic heterocycles. The molecule has 0 bridgehead atoms. The van der Waals surface area contributed by atoms with E-state index in [1.54, 1.807) is 36.1 Å². The molecule has 32 heavy (non-hydrogen) atoms. The number of nitrogens with zero attached hydrogens (tertiary/aromatic N) is 3. The molecular weight excluding hydrogens is 432 g/mol. The molecule has 1 saturated heterocycles. The molecule has 4 rings (SSSR count). The van der Waals surface area contributed by atoms with Gasteiger partial charge in [0, 0.05) is 18.7 Å². The summed E-state index contributed by atoms with van der Waals surface area (Å²) in [6, 6.07) is 10.1. The predicted molar refractivity (Wildman–Crippen MR) is 118 cm³/mol. The summed E-state index contributed by atoms with van der Waals surface area (Å²) >= 11 is 0. The zero-order chi connectivity index (χ0) is 22.9. The summed E-state index contributed by atoms with van der Waals surface area (Å²) < 4.78 is 39.4.